The minimum Gasteiger partial charge on any atom is -0.355 e. The summed E-state index contributed by atoms with van der Waals surface area (Å²) < 4.78 is 0. The Morgan fingerprint density at radius 3 is 3.00 bits per heavy atom. The van der Waals surface area contributed by atoms with Crippen LogP contribution in [0, 0.1) is 5.92 Å². The molecule has 92 valence electrons. The van der Waals surface area contributed by atoms with Crippen LogP contribution >= 0.6 is 0 Å². The molecule has 1 aromatic rings. The number of pyridine rings is 1. The third-order valence-corrected chi connectivity index (χ3v) is 3.93. The van der Waals surface area contributed by atoms with Gasteiger partial charge in [-0.1, -0.05) is 13.0 Å². The first-order valence-electron chi connectivity index (χ1n) is 6.71. The second-order valence-electron chi connectivity index (χ2n) is 5.63. The van der Waals surface area contributed by atoms with E-state index >= 15 is 0 Å². The van der Waals surface area contributed by atoms with Crippen molar-refractivity contribution in [3.63, 3.8) is 0 Å². The Kier molecular flexibility index (Phi) is 2.79. The predicted octanol–water partition coefficient (Wildman–Crippen LogP) is 1.74. The molecule has 0 aromatic carbocycles. The van der Waals surface area contributed by atoms with E-state index in [0.29, 0.717) is 12.0 Å². The molecular weight excluding hydrogens is 210 g/mol. The van der Waals surface area contributed by atoms with Crippen LogP contribution in [0.5, 0.6) is 0 Å². The molecular formula is C14H21N3. The number of rotatable bonds is 1. The molecule has 1 aromatic heterocycles. The highest BCUT2D eigenvalue weighted by atomic mass is 15.2. The van der Waals surface area contributed by atoms with Gasteiger partial charge in [0.1, 0.15) is 5.82 Å². The molecule has 2 atom stereocenters. The molecule has 0 spiro atoms. The van der Waals surface area contributed by atoms with Gasteiger partial charge in [-0.05, 0) is 43.2 Å². The Morgan fingerprint density at radius 2 is 2.18 bits per heavy atom. The Balaban J connectivity index is 1.83. The molecule has 1 aliphatic heterocycles. The van der Waals surface area contributed by atoms with Gasteiger partial charge < -0.3 is 10.6 Å². The average Bonchev–Trinajstić information content (AvgIpc) is 2.74. The van der Waals surface area contributed by atoms with Crippen LogP contribution in [-0.2, 0) is 12.8 Å². The standard InChI is InChI=1S/C14H21N3/c1-10-7-12(15)9-17(8-10)14-6-5-11-3-2-4-13(11)16-14/h5-6,10,12H,2-4,7-9,15H2,1H3. The maximum Gasteiger partial charge on any atom is 0.128 e. The number of hydrogen-bond acceptors (Lipinski definition) is 3. The van der Waals surface area contributed by atoms with Gasteiger partial charge in [0, 0.05) is 24.8 Å². The maximum absolute atomic E-state index is 6.10. The zero-order valence-corrected chi connectivity index (χ0v) is 10.5. The normalized spacial score (nSPS) is 28.2. The average molecular weight is 231 g/mol. The van der Waals surface area contributed by atoms with Gasteiger partial charge in [-0.3, -0.25) is 0 Å². The summed E-state index contributed by atoms with van der Waals surface area (Å²) in [6, 6.07) is 4.73. The van der Waals surface area contributed by atoms with Crippen molar-refractivity contribution in [1.29, 1.82) is 0 Å². The highest BCUT2D eigenvalue weighted by Gasteiger charge is 2.24. The maximum atomic E-state index is 6.10. The first-order valence-corrected chi connectivity index (χ1v) is 6.71. The van der Waals surface area contributed by atoms with Gasteiger partial charge in [-0.25, -0.2) is 4.98 Å². The van der Waals surface area contributed by atoms with Crippen LogP contribution < -0.4 is 10.6 Å². The van der Waals surface area contributed by atoms with Crippen molar-refractivity contribution in [2.75, 3.05) is 18.0 Å². The van der Waals surface area contributed by atoms with Crippen molar-refractivity contribution in [3.8, 4) is 0 Å². The monoisotopic (exact) mass is 231 g/mol. The SMILES string of the molecule is CC1CC(N)CN(c2ccc3c(n2)CCC3)C1. The van der Waals surface area contributed by atoms with E-state index in [4.69, 9.17) is 10.7 Å². The van der Waals surface area contributed by atoms with Crippen LogP contribution in [0.25, 0.3) is 0 Å². The van der Waals surface area contributed by atoms with E-state index in [2.05, 4.69) is 24.0 Å². The second-order valence-corrected chi connectivity index (χ2v) is 5.63. The van der Waals surface area contributed by atoms with E-state index in [9.17, 15) is 0 Å². The smallest absolute Gasteiger partial charge is 0.128 e. The number of piperidine rings is 1. The van der Waals surface area contributed by atoms with E-state index in [1.165, 1.54) is 24.1 Å². The number of fused-ring (bicyclic) bond motifs is 1. The molecule has 0 bridgehead atoms. The van der Waals surface area contributed by atoms with E-state index in [1.807, 2.05) is 0 Å². The summed E-state index contributed by atoms with van der Waals surface area (Å²) in [6.07, 6.45) is 4.76. The number of anilines is 1. The fourth-order valence-electron chi connectivity index (χ4n) is 3.17. The highest BCUT2D eigenvalue weighted by Crippen LogP contribution is 2.26. The minimum atomic E-state index is 0.300. The number of aromatic nitrogens is 1. The molecule has 2 N–H and O–H groups in total. The number of aryl methyl sites for hydroxylation is 2. The summed E-state index contributed by atoms with van der Waals surface area (Å²) >= 11 is 0. The van der Waals surface area contributed by atoms with Crippen molar-refractivity contribution in [2.24, 2.45) is 11.7 Å². The van der Waals surface area contributed by atoms with Crippen molar-refractivity contribution in [1.82, 2.24) is 4.98 Å². The van der Waals surface area contributed by atoms with Crippen LogP contribution in [0.2, 0.25) is 0 Å². The van der Waals surface area contributed by atoms with E-state index in [1.54, 1.807) is 0 Å². The fourth-order valence-corrected chi connectivity index (χ4v) is 3.17. The molecule has 3 rings (SSSR count). The molecule has 3 heteroatoms. The predicted molar refractivity (Wildman–Crippen MR) is 70.2 cm³/mol. The number of nitrogens with zero attached hydrogens (tertiary/aromatic N) is 2. The molecule has 0 saturated carbocycles. The Labute approximate surface area is 103 Å². The number of nitrogens with two attached hydrogens (primary N) is 1. The molecule has 0 amide bonds. The largest absolute Gasteiger partial charge is 0.355 e. The Bertz CT molecular complexity index is 406. The lowest BCUT2D eigenvalue weighted by atomic mass is 9.96. The summed E-state index contributed by atoms with van der Waals surface area (Å²) in [5.74, 6) is 1.81. The van der Waals surface area contributed by atoms with Crippen LogP contribution in [0.15, 0.2) is 12.1 Å². The lowest BCUT2D eigenvalue weighted by Gasteiger charge is -2.35. The molecule has 2 unspecified atom stereocenters. The Hall–Kier alpha value is -1.09. The first kappa shape index (κ1) is 11.0. The molecule has 17 heavy (non-hydrogen) atoms. The van der Waals surface area contributed by atoms with Crippen molar-refractivity contribution in [2.45, 2.75) is 38.6 Å². The second kappa shape index (κ2) is 4.30. The molecule has 1 aliphatic carbocycles. The van der Waals surface area contributed by atoms with Gasteiger partial charge in [0.25, 0.3) is 0 Å². The lowest BCUT2D eigenvalue weighted by molar-refractivity contribution is 0.399. The summed E-state index contributed by atoms with van der Waals surface area (Å²) in [6.45, 7) is 4.33. The summed E-state index contributed by atoms with van der Waals surface area (Å²) in [4.78, 5) is 7.17. The topological polar surface area (TPSA) is 42.1 Å². The van der Waals surface area contributed by atoms with E-state index < -0.39 is 0 Å². The molecule has 0 radical (unpaired) electrons. The van der Waals surface area contributed by atoms with Crippen LogP contribution in [0.1, 0.15) is 31.0 Å². The van der Waals surface area contributed by atoms with Gasteiger partial charge in [0.15, 0.2) is 0 Å². The van der Waals surface area contributed by atoms with Gasteiger partial charge in [-0.15, -0.1) is 0 Å². The third-order valence-electron chi connectivity index (χ3n) is 3.93. The molecule has 2 aliphatic rings. The van der Waals surface area contributed by atoms with Crippen LogP contribution in [0.3, 0.4) is 0 Å². The quantitative estimate of drug-likeness (QED) is 0.800. The van der Waals surface area contributed by atoms with Gasteiger partial charge in [0.05, 0.1) is 0 Å². The summed E-state index contributed by atoms with van der Waals surface area (Å²) in [5.41, 5.74) is 8.86. The molecule has 2 heterocycles. The van der Waals surface area contributed by atoms with Gasteiger partial charge >= 0.3 is 0 Å². The highest BCUT2D eigenvalue weighted by molar-refractivity contribution is 5.43. The molecule has 1 fully saturated rings. The van der Waals surface area contributed by atoms with E-state index in [0.717, 1.165) is 31.7 Å². The minimum absolute atomic E-state index is 0.300. The Morgan fingerprint density at radius 1 is 1.29 bits per heavy atom. The van der Waals surface area contributed by atoms with Crippen LogP contribution in [-0.4, -0.2) is 24.1 Å². The summed E-state index contributed by atoms with van der Waals surface area (Å²) in [7, 11) is 0. The first-order chi connectivity index (χ1) is 8.22. The number of hydrogen-bond donors (Lipinski definition) is 1. The lowest BCUT2D eigenvalue weighted by Crippen LogP contribution is -2.46. The molecule has 1 saturated heterocycles. The van der Waals surface area contributed by atoms with Gasteiger partial charge in [-0.2, -0.15) is 0 Å². The zero-order chi connectivity index (χ0) is 11.8. The molecule has 3 nitrogen and oxygen atoms in total. The van der Waals surface area contributed by atoms with Gasteiger partial charge in [0.2, 0.25) is 0 Å². The van der Waals surface area contributed by atoms with Crippen molar-refractivity contribution < 1.29 is 0 Å². The summed E-state index contributed by atoms with van der Waals surface area (Å²) in [5, 5.41) is 0. The third kappa shape index (κ3) is 2.16. The van der Waals surface area contributed by atoms with Crippen molar-refractivity contribution in [3.05, 3.63) is 23.4 Å². The zero-order valence-electron chi connectivity index (χ0n) is 10.5. The van der Waals surface area contributed by atoms with E-state index in [-0.39, 0.29) is 0 Å². The van der Waals surface area contributed by atoms with Crippen LogP contribution in [0.4, 0.5) is 5.82 Å². The fraction of sp³-hybridized carbons (Fsp3) is 0.643. The van der Waals surface area contributed by atoms with Crippen molar-refractivity contribution >= 4 is 5.82 Å².